The molecule has 0 radical (unpaired) electrons. The maximum atomic E-state index is 6.31. The normalized spacial score (nSPS) is 17.3. The standard InChI is InChI=1S/C14H20ClNO/c1-9(2)11-7-13(17-3)10(6-12(11)15)8-14(16)4-5-14/h6-7,9H,4-5,8,16H2,1-3H3. The van der Waals surface area contributed by atoms with Crippen LogP contribution in [0.5, 0.6) is 5.75 Å². The Balaban J connectivity index is 2.34. The predicted octanol–water partition coefficient (Wildman–Crippen LogP) is 3.51. The van der Waals surface area contributed by atoms with E-state index in [1.807, 2.05) is 12.1 Å². The molecule has 0 heterocycles. The van der Waals surface area contributed by atoms with E-state index in [1.54, 1.807) is 7.11 Å². The van der Waals surface area contributed by atoms with Crippen LogP contribution in [0.1, 0.15) is 43.7 Å². The minimum atomic E-state index is -0.0179. The molecule has 1 aromatic rings. The van der Waals surface area contributed by atoms with E-state index in [-0.39, 0.29) is 5.54 Å². The van der Waals surface area contributed by atoms with Gasteiger partial charge in [0.2, 0.25) is 0 Å². The first-order chi connectivity index (χ1) is 7.95. The van der Waals surface area contributed by atoms with Crippen molar-refractivity contribution in [3.05, 3.63) is 28.3 Å². The molecule has 94 valence electrons. The van der Waals surface area contributed by atoms with Gasteiger partial charge in [0.1, 0.15) is 5.75 Å². The summed E-state index contributed by atoms with van der Waals surface area (Å²) in [4.78, 5) is 0. The molecule has 1 aliphatic rings. The van der Waals surface area contributed by atoms with Gasteiger partial charge in [-0.05, 0) is 48.4 Å². The van der Waals surface area contributed by atoms with Crippen LogP contribution in [-0.2, 0) is 6.42 Å². The van der Waals surface area contributed by atoms with E-state index in [1.165, 1.54) is 0 Å². The lowest BCUT2D eigenvalue weighted by Crippen LogP contribution is -2.24. The average molecular weight is 254 g/mol. The van der Waals surface area contributed by atoms with E-state index in [2.05, 4.69) is 13.8 Å². The van der Waals surface area contributed by atoms with Crippen molar-refractivity contribution in [1.82, 2.24) is 0 Å². The molecule has 1 saturated carbocycles. The molecule has 0 aliphatic heterocycles. The quantitative estimate of drug-likeness (QED) is 0.891. The molecule has 1 aliphatic carbocycles. The summed E-state index contributed by atoms with van der Waals surface area (Å²) in [7, 11) is 1.70. The highest BCUT2D eigenvalue weighted by molar-refractivity contribution is 6.31. The summed E-state index contributed by atoms with van der Waals surface area (Å²) in [6.07, 6.45) is 3.05. The number of methoxy groups -OCH3 is 1. The summed E-state index contributed by atoms with van der Waals surface area (Å²) < 4.78 is 5.45. The average Bonchev–Trinajstić information content (AvgIpc) is 2.96. The van der Waals surface area contributed by atoms with Crippen molar-refractivity contribution in [2.75, 3.05) is 7.11 Å². The second kappa shape index (κ2) is 4.51. The summed E-state index contributed by atoms with van der Waals surface area (Å²) in [6, 6.07) is 4.07. The Labute approximate surface area is 108 Å². The Morgan fingerprint density at radius 1 is 1.41 bits per heavy atom. The molecule has 2 rings (SSSR count). The lowest BCUT2D eigenvalue weighted by molar-refractivity contribution is 0.406. The van der Waals surface area contributed by atoms with Crippen molar-refractivity contribution in [3.8, 4) is 5.75 Å². The van der Waals surface area contributed by atoms with E-state index in [0.717, 1.165) is 41.2 Å². The Kier molecular flexibility index (Phi) is 3.37. The van der Waals surface area contributed by atoms with Gasteiger partial charge in [0.15, 0.2) is 0 Å². The van der Waals surface area contributed by atoms with Crippen molar-refractivity contribution in [2.24, 2.45) is 5.73 Å². The van der Waals surface area contributed by atoms with E-state index >= 15 is 0 Å². The molecule has 2 nitrogen and oxygen atoms in total. The third-order valence-electron chi connectivity index (χ3n) is 3.46. The van der Waals surface area contributed by atoms with Crippen LogP contribution in [0, 0.1) is 0 Å². The predicted molar refractivity (Wildman–Crippen MR) is 71.9 cm³/mol. The molecule has 1 fully saturated rings. The van der Waals surface area contributed by atoms with E-state index in [0.29, 0.717) is 5.92 Å². The van der Waals surface area contributed by atoms with Gasteiger partial charge in [-0.1, -0.05) is 25.4 Å². The van der Waals surface area contributed by atoms with Crippen molar-refractivity contribution in [3.63, 3.8) is 0 Å². The van der Waals surface area contributed by atoms with E-state index in [4.69, 9.17) is 22.1 Å². The minimum Gasteiger partial charge on any atom is -0.496 e. The van der Waals surface area contributed by atoms with Gasteiger partial charge in [-0.3, -0.25) is 0 Å². The second-order valence-corrected chi connectivity index (χ2v) is 5.79. The fraction of sp³-hybridized carbons (Fsp3) is 0.571. The zero-order chi connectivity index (χ0) is 12.6. The maximum absolute atomic E-state index is 6.31. The zero-order valence-corrected chi connectivity index (χ0v) is 11.5. The zero-order valence-electron chi connectivity index (χ0n) is 10.7. The summed E-state index contributed by atoms with van der Waals surface area (Å²) in [6.45, 7) is 4.26. The van der Waals surface area contributed by atoms with Gasteiger partial charge in [-0.15, -0.1) is 0 Å². The Morgan fingerprint density at radius 2 is 2.06 bits per heavy atom. The number of benzene rings is 1. The fourth-order valence-electron chi connectivity index (χ4n) is 2.10. The van der Waals surface area contributed by atoms with Gasteiger partial charge in [0.05, 0.1) is 7.11 Å². The number of nitrogens with two attached hydrogens (primary N) is 1. The lowest BCUT2D eigenvalue weighted by atomic mass is 9.97. The molecule has 0 spiro atoms. The molecule has 2 N–H and O–H groups in total. The van der Waals surface area contributed by atoms with Crippen molar-refractivity contribution < 1.29 is 4.74 Å². The summed E-state index contributed by atoms with van der Waals surface area (Å²) in [5, 5.41) is 0.819. The van der Waals surface area contributed by atoms with Crippen LogP contribution < -0.4 is 10.5 Å². The van der Waals surface area contributed by atoms with Gasteiger partial charge in [0.25, 0.3) is 0 Å². The van der Waals surface area contributed by atoms with Crippen LogP contribution in [0.25, 0.3) is 0 Å². The van der Waals surface area contributed by atoms with Crippen LogP contribution in [0.3, 0.4) is 0 Å². The molecule has 0 saturated heterocycles. The minimum absolute atomic E-state index is 0.0179. The van der Waals surface area contributed by atoms with Gasteiger partial charge in [-0.25, -0.2) is 0 Å². The fourth-order valence-corrected chi connectivity index (χ4v) is 2.50. The number of rotatable bonds is 4. The molecule has 3 heteroatoms. The van der Waals surface area contributed by atoms with Gasteiger partial charge < -0.3 is 10.5 Å². The van der Waals surface area contributed by atoms with Gasteiger partial charge in [0, 0.05) is 10.6 Å². The van der Waals surface area contributed by atoms with Gasteiger partial charge in [-0.2, -0.15) is 0 Å². The molecule has 1 aromatic carbocycles. The molecule has 0 unspecified atom stereocenters. The molecule has 0 amide bonds. The molecule has 0 atom stereocenters. The lowest BCUT2D eigenvalue weighted by Gasteiger charge is -2.17. The first-order valence-electron chi connectivity index (χ1n) is 6.10. The number of ether oxygens (including phenoxy) is 1. The van der Waals surface area contributed by atoms with Crippen molar-refractivity contribution in [2.45, 2.75) is 44.6 Å². The molecular formula is C14H20ClNO. The van der Waals surface area contributed by atoms with Gasteiger partial charge >= 0.3 is 0 Å². The molecule has 0 aromatic heterocycles. The highest BCUT2D eigenvalue weighted by Crippen LogP contribution is 2.40. The Bertz CT molecular complexity index is 424. The summed E-state index contributed by atoms with van der Waals surface area (Å²) >= 11 is 6.31. The highest BCUT2D eigenvalue weighted by atomic mass is 35.5. The SMILES string of the molecule is COc1cc(C(C)C)c(Cl)cc1CC1(N)CC1. The number of hydrogen-bond acceptors (Lipinski definition) is 2. The summed E-state index contributed by atoms with van der Waals surface area (Å²) in [5.74, 6) is 1.31. The maximum Gasteiger partial charge on any atom is 0.122 e. The monoisotopic (exact) mass is 253 g/mol. The van der Waals surface area contributed by atoms with E-state index in [9.17, 15) is 0 Å². The second-order valence-electron chi connectivity index (χ2n) is 5.38. The number of halogens is 1. The largest absolute Gasteiger partial charge is 0.496 e. The Hall–Kier alpha value is -0.730. The van der Waals surface area contributed by atoms with Crippen LogP contribution in [0.2, 0.25) is 5.02 Å². The third kappa shape index (κ3) is 2.75. The smallest absolute Gasteiger partial charge is 0.122 e. The van der Waals surface area contributed by atoms with Crippen LogP contribution >= 0.6 is 11.6 Å². The number of hydrogen-bond donors (Lipinski definition) is 1. The topological polar surface area (TPSA) is 35.2 Å². The third-order valence-corrected chi connectivity index (χ3v) is 3.78. The summed E-state index contributed by atoms with van der Waals surface area (Å²) in [5.41, 5.74) is 8.39. The molecule has 0 bridgehead atoms. The van der Waals surface area contributed by atoms with Crippen LogP contribution in [0.15, 0.2) is 12.1 Å². The first-order valence-corrected chi connectivity index (χ1v) is 6.48. The molecular weight excluding hydrogens is 234 g/mol. The molecule has 17 heavy (non-hydrogen) atoms. The van der Waals surface area contributed by atoms with Crippen molar-refractivity contribution in [1.29, 1.82) is 0 Å². The van der Waals surface area contributed by atoms with Crippen molar-refractivity contribution >= 4 is 11.6 Å². The Morgan fingerprint density at radius 3 is 2.53 bits per heavy atom. The van der Waals surface area contributed by atoms with E-state index < -0.39 is 0 Å². The van der Waals surface area contributed by atoms with Crippen LogP contribution in [-0.4, -0.2) is 12.6 Å². The highest BCUT2D eigenvalue weighted by Gasteiger charge is 2.38. The first kappa shape index (κ1) is 12.7. The van der Waals surface area contributed by atoms with Crippen LogP contribution in [0.4, 0.5) is 0 Å².